The van der Waals surface area contributed by atoms with Gasteiger partial charge in [-0.15, -0.1) is 11.3 Å². The number of hydrogen-bond acceptors (Lipinski definition) is 4. The minimum Gasteiger partial charge on any atom is -0.338 e. The second kappa shape index (κ2) is 9.34. The van der Waals surface area contributed by atoms with E-state index in [4.69, 9.17) is 0 Å². The number of hydrogen-bond donors (Lipinski definition) is 3. The third kappa shape index (κ3) is 5.69. The fourth-order valence-corrected chi connectivity index (χ4v) is 3.31. The zero-order valence-electron chi connectivity index (χ0n) is 14.8. The summed E-state index contributed by atoms with van der Waals surface area (Å²) in [6.45, 7) is 6.67. The first-order valence-electron chi connectivity index (χ1n) is 8.45. The second-order valence-corrected chi connectivity index (χ2v) is 7.04. The van der Waals surface area contributed by atoms with E-state index in [1.807, 2.05) is 17.5 Å². The van der Waals surface area contributed by atoms with Gasteiger partial charge < -0.3 is 5.32 Å². The van der Waals surface area contributed by atoms with E-state index < -0.39 is 6.03 Å². The lowest BCUT2D eigenvalue weighted by Crippen LogP contribution is -2.43. The number of thiophene rings is 1. The molecule has 1 unspecified atom stereocenters. The maximum Gasteiger partial charge on any atom is 0.321 e. The van der Waals surface area contributed by atoms with E-state index in [-0.39, 0.29) is 18.5 Å². The Morgan fingerprint density at radius 1 is 1.08 bits per heavy atom. The molecule has 25 heavy (non-hydrogen) atoms. The second-order valence-electron chi connectivity index (χ2n) is 6.06. The molecular weight excluding hydrogens is 334 g/mol. The highest BCUT2D eigenvalue weighted by Gasteiger charge is 2.17. The lowest BCUT2D eigenvalue weighted by molar-refractivity contribution is -0.119. The van der Waals surface area contributed by atoms with Gasteiger partial charge in [-0.3, -0.25) is 15.4 Å². The van der Waals surface area contributed by atoms with Crippen LogP contribution in [0.3, 0.4) is 0 Å². The van der Waals surface area contributed by atoms with E-state index in [0.717, 1.165) is 10.4 Å². The molecule has 0 fully saturated rings. The van der Waals surface area contributed by atoms with Crippen LogP contribution in [0.15, 0.2) is 41.8 Å². The van der Waals surface area contributed by atoms with Crippen molar-refractivity contribution in [1.82, 2.24) is 16.0 Å². The van der Waals surface area contributed by atoms with Crippen LogP contribution in [0.4, 0.5) is 4.79 Å². The molecule has 2 aromatic rings. The average molecular weight is 359 g/mol. The summed E-state index contributed by atoms with van der Waals surface area (Å²) in [4.78, 5) is 24.5. The smallest absolute Gasteiger partial charge is 0.321 e. The molecule has 0 bridgehead atoms. The van der Waals surface area contributed by atoms with Crippen LogP contribution in [0.2, 0.25) is 0 Å². The molecule has 0 aliphatic carbocycles. The number of imide groups is 1. The quantitative estimate of drug-likeness (QED) is 0.710. The molecule has 0 saturated carbocycles. The van der Waals surface area contributed by atoms with Crippen LogP contribution in [0.5, 0.6) is 0 Å². The number of nitrogens with one attached hydrogen (secondary N) is 3. The molecule has 1 atom stereocenters. The van der Waals surface area contributed by atoms with Crippen LogP contribution in [-0.4, -0.2) is 25.0 Å². The van der Waals surface area contributed by atoms with Crippen molar-refractivity contribution in [3.63, 3.8) is 0 Å². The van der Waals surface area contributed by atoms with Gasteiger partial charge in [0.2, 0.25) is 5.91 Å². The normalized spacial score (nSPS) is 12.0. The van der Waals surface area contributed by atoms with Crippen molar-refractivity contribution >= 4 is 23.3 Å². The van der Waals surface area contributed by atoms with Gasteiger partial charge in [-0.2, -0.15) is 0 Å². The molecule has 0 saturated heterocycles. The van der Waals surface area contributed by atoms with Crippen LogP contribution >= 0.6 is 11.3 Å². The van der Waals surface area contributed by atoms with E-state index in [9.17, 15) is 9.59 Å². The molecule has 3 amide bonds. The van der Waals surface area contributed by atoms with Gasteiger partial charge in [0.1, 0.15) is 0 Å². The maximum atomic E-state index is 11.9. The van der Waals surface area contributed by atoms with Crippen molar-refractivity contribution in [3.05, 3.63) is 57.8 Å². The maximum absolute atomic E-state index is 11.9. The molecule has 0 radical (unpaired) electrons. The molecular formula is C19H25N3O2S. The fourth-order valence-electron chi connectivity index (χ4n) is 2.48. The summed E-state index contributed by atoms with van der Waals surface area (Å²) in [5, 5.41) is 10.1. The van der Waals surface area contributed by atoms with Crippen molar-refractivity contribution in [1.29, 1.82) is 0 Å². The van der Waals surface area contributed by atoms with Gasteiger partial charge in [0, 0.05) is 11.4 Å². The molecule has 6 heteroatoms. The number of amides is 3. The largest absolute Gasteiger partial charge is 0.338 e. The lowest BCUT2D eigenvalue weighted by atomic mass is 9.98. The first kappa shape index (κ1) is 19.1. The highest BCUT2D eigenvalue weighted by atomic mass is 32.1. The van der Waals surface area contributed by atoms with E-state index in [1.165, 1.54) is 5.56 Å². The predicted octanol–water partition coefficient (Wildman–Crippen LogP) is 3.40. The first-order valence-corrected chi connectivity index (χ1v) is 9.33. The predicted molar refractivity (Wildman–Crippen MR) is 102 cm³/mol. The minimum absolute atomic E-state index is 0.0611. The Balaban J connectivity index is 2.07. The zero-order chi connectivity index (χ0) is 18.2. The molecule has 1 aromatic heterocycles. The molecule has 3 N–H and O–H groups in total. The van der Waals surface area contributed by atoms with E-state index in [2.05, 4.69) is 54.1 Å². The van der Waals surface area contributed by atoms with Gasteiger partial charge in [0.05, 0.1) is 12.6 Å². The van der Waals surface area contributed by atoms with Gasteiger partial charge in [0.25, 0.3) is 0 Å². The van der Waals surface area contributed by atoms with E-state index in [0.29, 0.717) is 12.5 Å². The highest BCUT2D eigenvalue weighted by molar-refractivity contribution is 7.10. The minimum atomic E-state index is -0.469. The van der Waals surface area contributed by atoms with Crippen LogP contribution in [0, 0.1) is 0 Å². The Bertz CT molecular complexity index is 681. The topological polar surface area (TPSA) is 70.2 Å². The average Bonchev–Trinajstić information content (AvgIpc) is 3.10. The lowest BCUT2D eigenvalue weighted by Gasteiger charge is -2.18. The summed E-state index contributed by atoms with van der Waals surface area (Å²) in [6, 6.07) is 11.9. The van der Waals surface area contributed by atoms with Crippen molar-refractivity contribution in [2.45, 2.75) is 32.7 Å². The summed E-state index contributed by atoms with van der Waals surface area (Å²) >= 11 is 1.64. The SMILES string of the molecule is CCNC(=O)NC(=O)CNC(c1ccc(C(C)C)cc1)c1cccs1. The van der Waals surface area contributed by atoms with E-state index >= 15 is 0 Å². The van der Waals surface area contributed by atoms with Crippen molar-refractivity contribution < 1.29 is 9.59 Å². The van der Waals surface area contributed by atoms with Crippen LogP contribution in [-0.2, 0) is 4.79 Å². The fraction of sp³-hybridized carbons (Fsp3) is 0.368. The van der Waals surface area contributed by atoms with Crippen LogP contribution in [0.1, 0.15) is 48.7 Å². The molecule has 0 spiro atoms. The van der Waals surface area contributed by atoms with E-state index in [1.54, 1.807) is 18.3 Å². The first-order chi connectivity index (χ1) is 12.0. The summed E-state index contributed by atoms with van der Waals surface area (Å²) in [5.74, 6) is 0.122. The molecule has 5 nitrogen and oxygen atoms in total. The van der Waals surface area contributed by atoms with Gasteiger partial charge in [-0.05, 0) is 35.4 Å². The monoisotopic (exact) mass is 359 g/mol. The molecule has 0 aliphatic rings. The Kier molecular flexibility index (Phi) is 7.16. The Hall–Kier alpha value is -2.18. The van der Waals surface area contributed by atoms with Crippen LogP contribution < -0.4 is 16.0 Å². The Morgan fingerprint density at radius 2 is 1.76 bits per heavy atom. The third-order valence-electron chi connectivity index (χ3n) is 3.82. The summed E-state index contributed by atoms with van der Waals surface area (Å²) < 4.78 is 0. The molecule has 134 valence electrons. The number of carbonyl (C=O) groups is 2. The Labute approximate surface area is 152 Å². The van der Waals surface area contributed by atoms with Gasteiger partial charge >= 0.3 is 6.03 Å². The number of carbonyl (C=O) groups excluding carboxylic acids is 2. The van der Waals surface area contributed by atoms with Crippen molar-refractivity contribution in [2.24, 2.45) is 0 Å². The molecule has 2 rings (SSSR count). The molecule has 0 aliphatic heterocycles. The summed E-state index contributed by atoms with van der Waals surface area (Å²) in [5.41, 5.74) is 2.38. The summed E-state index contributed by atoms with van der Waals surface area (Å²) in [6.07, 6.45) is 0. The van der Waals surface area contributed by atoms with Crippen molar-refractivity contribution in [2.75, 3.05) is 13.1 Å². The summed E-state index contributed by atoms with van der Waals surface area (Å²) in [7, 11) is 0. The molecule has 1 aromatic carbocycles. The van der Waals surface area contributed by atoms with Crippen LogP contribution in [0.25, 0.3) is 0 Å². The van der Waals surface area contributed by atoms with Gasteiger partial charge in [-0.25, -0.2) is 4.79 Å². The van der Waals surface area contributed by atoms with Gasteiger partial charge in [-0.1, -0.05) is 44.2 Å². The zero-order valence-corrected chi connectivity index (χ0v) is 15.7. The number of urea groups is 1. The van der Waals surface area contributed by atoms with Gasteiger partial charge in [0.15, 0.2) is 0 Å². The number of rotatable bonds is 7. The highest BCUT2D eigenvalue weighted by Crippen LogP contribution is 2.27. The third-order valence-corrected chi connectivity index (χ3v) is 4.76. The number of benzene rings is 1. The molecule has 1 heterocycles. The van der Waals surface area contributed by atoms with Crippen molar-refractivity contribution in [3.8, 4) is 0 Å². The standard InChI is InChI=1S/C19H25N3O2S/c1-4-20-19(24)22-17(23)12-21-18(16-6-5-11-25-16)15-9-7-14(8-10-15)13(2)3/h5-11,13,18,21H,4,12H2,1-3H3,(H2,20,22,23,24). The Morgan fingerprint density at radius 3 is 2.32 bits per heavy atom.